The lowest BCUT2D eigenvalue weighted by atomic mass is 9.77. The van der Waals surface area contributed by atoms with Crippen LogP contribution >= 0.6 is 0 Å². The second kappa shape index (κ2) is 7.07. The predicted molar refractivity (Wildman–Crippen MR) is 79.7 cm³/mol. The quantitative estimate of drug-likeness (QED) is 0.790. The molecule has 0 N–H and O–H groups in total. The van der Waals surface area contributed by atoms with E-state index in [2.05, 4.69) is 0 Å². The lowest BCUT2D eigenvalue weighted by Gasteiger charge is -2.28. The van der Waals surface area contributed by atoms with Crippen LogP contribution in [0.4, 0.5) is 13.2 Å². The number of carbonyl (C=O) groups excluding carboxylic acids is 2. The van der Waals surface area contributed by atoms with E-state index in [0.717, 1.165) is 12.1 Å². The molecule has 2 atom stereocenters. The van der Waals surface area contributed by atoms with Crippen LogP contribution in [0.1, 0.15) is 24.0 Å². The SMILES string of the molecule is COC(=O)C1CC=C(c2cccc(C(F)(F)F)c2)CC1C(=O)OC. The standard InChI is InChI=1S/C17H17F3O4/c1-23-15(21)13-7-6-11(9-14(13)16(22)24-2)10-4-3-5-12(8-10)17(18,19)20/h3-6,8,13-14H,7,9H2,1-2H3. The molecule has 0 saturated carbocycles. The summed E-state index contributed by atoms with van der Waals surface area (Å²) in [4.78, 5) is 23.8. The average molecular weight is 342 g/mol. The first-order valence-electron chi connectivity index (χ1n) is 7.30. The molecular formula is C17H17F3O4. The Morgan fingerprint density at radius 3 is 2.29 bits per heavy atom. The molecule has 1 aromatic carbocycles. The molecule has 0 saturated heterocycles. The van der Waals surface area contributed by atoms with Crippen LogP contribution in [0.5, 0.6) is 0 Å². The number of alkyl halides is 3. The van der Waals surface area contributed by atoms with Crippen LogP contribution in [0.15, 0.2) is 30.3 Å². The lowest BCUT2D eigenvalue weighted by molar-refractivity contribution is -0.157. The van der Waals surface area contributed by atoms with Crippen molar-refractivity contribution in [3.8, 4) is 0 Å². The lowest BCUT2D eigenvalue weighted by Crippen LogP contribution is -2.33. The van der Waals surface area contributed by atoms with E-state index >= 15 is 0 Å². The first kappa shape index (κ1) is 18.0. The fraction of sp³-hybridized carbons (Fsp3) is 0.412. The maximum Gasteiger partial charge on any atom is 0.416 e. The number of hydrogen-bond donors (Lipinski definition) is 0. The van der Waals surface area contributed by atoms with Crippen LogP contribution in [0.25, 0.3) is 5.57 Å². The molecule has 0 spiro atoms. The third-order valence-electron chi connectivity index (χ3n) is 4.11. The largest absolute Gasteiger partial charge is 0.469 e. The summed E-state index contributed by atoms with van der Waals surface area (Å²) in [5, 5.41) is 0. The van der Waals surface area contributed by atoms with Gasteiger partial charge in [-0.3, -0.25) is 9.59 Å². The molecule has 24 heavy (non-hydrogen) atoms. The third kappa shape index (κ3) is 3.77. The highest BCUT2D eigenvalue weighted by atomic mass is 19.4. The molecule has 0 aliphatic heterocycles. The second-order valence-corrected chi connectivity index (χ2v) is 5.51. The van der Waals surface area contributed by atoms with Gasteiger partial charge in [-0.05, 0) is 36.1 Å². The molecule has 0 bridgehead atoms. The fourth-order valence-electron chi connectivity index (χ4n) is 2.84. The number of benzene rings is 1. The molecule has 0 heterocycles. The van der Waals surface area contributed by atoms with Gasteiger partial charge < -0.3 is 9.47 Å². The molecule has 2 unspecified atom stereocenters. The van der Waals surface area contributed by atoms with E-state index in [-0.39, 0.29) is 12.8 Å². The smallest absolute Gasteiger partial charge is 0.416 e. The van der Waals surface area contributed by atoms with Crippen molar-refractivity contribution in [3.05, 3.63) is 41.5 Å². The Labute approximate surface area is 137 Å². The van der Waals surface area contributed by atoms with Gasteiger partial charge in [-0.1, -0.05) is 18.2 Å². The zero-order chi connectivity index (χ0) is 17.9. The monoisotopic (exact) mass is 342 g/mol. The van der Waals surface area contributed by atoms with Gasteiger partial charge in [0.05, 0.1) is 31.6 Å². The summed E-state index contributed by atoms with van der Waals surface area (Å²) in [6, 6.07) is 4.90. The molecule has 2 rings (SSSR count). The summed E-state index contributed by atoms with van der Waals surface area (Å²) in [6.07, 6.45) is -2.44. The van der Waals surface area contributed by atoms with Gasteiger partial charge in [-0.15, -0.1) is 0 Å². The minimum absolute atomic E-state index is 0.119. The maximum absolute atomic E-state index is 12.9. The number of rotatable bonds is 3. The Bertz CT molecular complexity index is 664. The Morgan fingerprint density at radius 1 is 1.08 bits per heavy atom. The number of carbonyl (C=O) groups is 2. The van der Waals surface area contributed by atoms with E-state index in [0.29, 0.717) is 11.1 Å². The van der Waals surface area contributed by atoms with Crippen molar-refractivity contribution in [2.75, 3.05) is 14.2 Å². The normalized spacial score (nSPS) is 21.0. The molecule has 7 heteroatoms. The maximum atomic E-state index is 12.9. The van der Waals surface area contributed by atoms with E-state index in [9.17, 15) is 22.8 Å². The van der Waals surface area contributed by atoms with E-state index < -0.39 is 35.5 Å². The molecule has 130 valence electrons. The number of allylic oxidation sites excluding steroid dienone is 2. The Kier molecular flexibility index (Phi) is 5.31. The van der Waals surface area contributed by atoms with Crippen molar-refractivity contribution in [1.29, 1.82) is 0 Å². The van der Waals surface area contributed by atoms with Gasteiger partial charge in [0.25, 0.3) is 0 Å². The van der Waals surface area contributed by atoms with Crippen LogP contribution in [-0.2, 0) is 25.2 Å². The van der Waals surface area contributed by atoms with E-state index in [4.69, 9.17) is 9.47 Å². The zero-order valence-electron chi connectivity index (χ0n) is 13.2. The summed E-state index contributed by atoms with van der Waals surface area (Å²) < 4.78 is 48.0. The molecule has 1 aliphatic carbocycles. The van der Waals surface area contributed by atoms with Crippen molar-refractivity contribution in [2.45, 2.75) is 19.0 Å². The van der Waals surface area contributed by atoms with Gasteiger partial charge in [0, 0.05) is 0 Å². The number of esters is 2. The van der Waals surface area contributed by atoms with Crippen LogP contribution in [-0.4, -0.2) is 26.2 Å². The highest BCUT2D eigenvalue weighted by Crippen LogP contribution is 2.38. The minimum atomic E-state index is -4.44. The summed E-state index contributed by atoms with van der Waals surface area (Å²) in [5.74, 6) is -2.60. The van der Waals surface area contributed by atoms with E-state index in [1.54, 1.807) is 12.1 Å². The molecule has 4 nitrogen and oxygen atoms in total. The van der Waals surface area contributed by atoms with Crippen LogP contribution in [0.2, 0.25) is 0 Å². The van der Waals surface area contributed by atoms with Crippen molar-refractivity contribution in [3.63, 3.8) is 0 Å². The number of hydrogen-bond acceptors (Lipinski definition) is 4. The van der Waals surface area contributed by atoms with Gasteiger partial charge in [-0.2, -0.15) is 13.2 Å². The van der Waals surface area contributed by atoms with Gasteiger partial charge in [0.2, 0.25) is 0 Å². The van der Waals surface area contributed by atoms with E-state index in [1.807, 2.05) is 0 Å². The second-order valence-electron chi connectivity index (χ2n) is 5.51. The van der Waals surface area contributed by atoms with Crippen LogP contribution in [0, 0.1) is 11.8 Å². The zero-order valence-corrected chi connectivity index (χ0v) is 13.2. The van der Waals surface area contributed by atoms with Crippen molar-refractivity contribution in [1.82, 2.24) is 0 Å². The summed E-state index contributed by atoms with van der Waals surface area (Å²) in [5.41, 5.74) is 0.198. The Hall–Kier alpha value is -2.31. The molecule has 0 aromatic heterocycles. The van der Waals surface area contributed by atoms with E-state index in [1.165, 1.54) is 20.3 Å². The first-order chi connectivity index (χ1) is 11.3. The molecule has 0 radical (unpaired) electrons. The fourth-order valence-corrected chi connectivity index (χ4v) is 2.84. The van der Waals surface area contributed by atoms with Crippen LogP contribution < -0.4 is 0 Å². The Morgan fingerprint density at radius 2 is 1.71 bits per heavy atom. The van der Waals surface area contributed by atoms with Crippen molar-refractivity contribution >= 4 is 17.5 Å². The molecular weight excluding hydrogens is 325 g/mol. The highest BCUT2D eigenvalue weighted by molar-refractivity contribution is 5.85. The molecule has 1 aliphatic rings. The average Bonchev–Trinajstić information content (AvgIpc) is 2.59. The van der Waals surface area contributed by atoms with Crippen LogP contribution in [0.3, 0.4) is 0 Å². The Balaban J connectivity index is 2.34. The summed E-state index contributed by atoms with van der Waals surface area (Å²) in [6.45, 7) is 0. The van der Waals surface area contributed by atoms with Gasteiger partial charge in [0.1, 0.15) is 0 Å². The number of halogens is 3. The topological polar surface area (TPSA) is 52.6 Å². The van der Waals surface area contributed by atoms with Crippen molar-refractivity contribution < 1.29 is 32.2 Å². The van der Waals surface area contributed by atoms with Gasteiger partial charge in [-0.25, -0.2) is 0 Å². The molecule has 1 aromatic rings. The molecule has 0 amide bonds. The highest BCUT2D eigenvalue weighted by Gasteiger charge is 2.38. The first-order valence-corrected chi connectivity index (χ1v) is 7.30. The number of methoxy groups -OCH3 is 2. The van der Waals surface area contributed by atoms with Crippen molar-refractivity contribution in [2.24, 2.45) is 11.8 Å². The van der Waals surface area contributed by atoms with Gasteiger partial charge >= 0.3 is 18.1 Å². The molecule has 0 fully saturated rings. The minimum Gasteiger partial charge on any atom is -0.469 e. The summed E-state index contributed by atoms with van der Waals surface area (Å²) >= 11 is 0. The van der Waals surface area contributed by atoms with Gasteiger partial charge in [0.15, 0.2) is 0 Å². The number of ether oxygens (including phenoxy) is 2. The summed E-state index contributed by atoms with van der Waals surface area (Å²) in [7, 11) is 2.43. The third-order valence-corrected chi connectivity index (χ3v) is 4.11. The predicted octanol–water partition coefficient (Wildman–Crippen LogP) is 3.46.